The summed E-state index contributed by atoms with van der Waals surface area (Å²) in [4.78, 5) is 23.3. The molecule has 0 unspecified atom stereocenters. The van der Waals surface area contributed by atoms with Crippen LogP contribution in [0.25, 0.3) is 11.1 Å². The van der Waals surface area contributed by atoms with Crippen LogP contribution in [0.15, 0.2) is 60.4 Å². The first-order valence-electron chi connectivity index (χ1n) is 8.64. The number of halogens is 1. The summed E-state index contributed by atoms with van der Waals surface area (Å²) in [6, 6.07) is 14.6. The average molecular weight is 369 g/mol. The van der Waals surface area contributed by atoms with Crippen molar-refractivity contribution in [3.05, 3.63) is 71.6 Å². The average Bonchev–Trinajstić information content (AvgIpc) is 2.97. The van der Waals surface area contributed by atoms with E-state index in [1.807, 2.05) is 48.5 Å². The Bertz CT molecular complexity index is 844. The topological polar surface area (TPSA) is 75.6 Å². The van der Waals surface area contributed by atoms with Crippen LogP contribution in [-0.2, 0) is 9.53 Å². The first-order chi connectivity index (χ1) is 13.0. The minimum atomic E-state index is -1.25. The Morgan fingerprint density at radius 3 is 2.22 bits per heavy atom. The van der Waals surface area contributed by atoms with Crippen molar-refractivity contribution in [2.45, 2.75) is 25.3 Å². The van der Waals surface area contributed by atoms with Crippen molar-refractivity contribution in [3.8, 4) is 11.1 Å². The summed E-state index contributed by atoms with van der Waals surface area (Å²) in [6.45, 7) is 1.30. The quantitative estimate of drug-likeness (QED) is 0.798. The van der Waals surface area contributed by atoms with Gasteiger partial charge < -0.3 is 15.2 Å². The van der Waals surface area contributed by atoms with Crippen molar-refractivity contribution in [2.75, 3.05) is 6.61 Å². The van der Waals surface area contributed by atoms with E-state index in [-0.39, 0.29) is 18.9 Å². The van der Waals surface area contributed by atoms with Gasteiger partial charge in [0, 0.05) is 5.92 Å². The first-order valence-corrected chi connectivity index (χ1v) is 8.64. The Morgan fingerprint density at radius 1 is 1.15 bits per heavy atom. The maximum Gasteiger partial charge on any atom is 0.407 e. The molecular formula is C21H20FNO4. The molecule has 2 aromatic carbocycles. The molecular weight excluding hydrogens is 349 g/mol. The first kappa shape index (κ1) is 18.6. The molecule has 0 saturated carbocycles. The zero-order chi connectivity index (χ0) is 19.4. The fraction of sp³-hybridized carbons (Fsp3) is 0.238. The number of aliphatic carboxylic acids is 1. The van der Waals surface area contributed by atoms with Crippen LogP contribution in [0.4, 0.5) is 9.18 Å². The lowest BCUT2D eigenvalue weighted by atomic mass is 9.98. The molecule has 5 nitrogen and oxygen atoms in total. The SMILES string of the molecule is C/C(F)=C/C[C@H](NC(=O)OCC1c2ccccc2-c2ccccc21)C(=O)O. The number of fused-ring (bicyclic) bond motifs is 3. The van der Waals surface area contributed by atoms with Crippen molar-refractivity contribution in [1.82, 2.24) is 5.32 Å². The van der Waals surface area contributed by atoms with Crippen molar-refractivity contribution in [2.24, 2.45) is 0 Å². The summed E-state index contributed by atoms with van der Waals surface area (Å²) in [5.41, 5.74) is 4.35. The van der Waals surface area contributed by atoms with Crippen molar-refractivity contribution < 1.29 is 23.8 Å². The number of hydrogen-bond acceptors (Lipinski definition) is 3. The van der Waals surface area contributed by atoms with E-state index >= 15 is 0 Å². The van der Waals surface area contributed by atoms with Gasteiger partial charge in [-0.05, 0) is 35.6 Å². The van der Waals surface area contributed by atoms with Gasteiger partial charge in [-0.15, -0.1) is 0 Å². The van der Waals surface area contributed by atoms with Crippen LogP contribution >= 0.6 is 0 Å². The van der Waals surface area contributed by atoms with Gasteiger partial charge in [-0.25, -0.2) is 14.0 Å². The predicted octanol–water partition coefficient (Wildman–Crippen LogP) is 4.24. The molecule has 0 fully saturated rings. The highest BCUT2D eigenvalue weighted by atomic mass is 19.1. The van der Waals surface area contributed by atoms with Crippen LogP contribution in [0, 0.1) is 0 Å². The highest BCUT2D eigenvalue weighted by Gasteiger charge is 2.29. The minimum absolute atomic E-state index is 0.0875. The van der Waals surface area contributed by atoms with E-state index in [2.05, 4.69) is 5.32 Å². The van der Waals surface area contributed by atoms with E-state index in [9.17, 15) is 14.0 Å². The number of carboxylic acids is 1. The lowest BCUT2D eigenvalue weighted by molar-refractivity contribution is -0.139. The third-order valence-corrected chi connectivity index (χ3v) is 4.57. The molecule has 27 heavy (non-hydrogen) atoms. The number of benzene rings is 2. The fourth-order valence-corrected chi connectivity index (χ4v) is 3.28. The van der Waals surface area contributed by atoms with Crippen molar-refractivity contribution in [1.29, 1.82) is 0 Å². The van der Waals surface area contributed by atoms with Gasteiger partial charge in [-0.1, -0.05) is 54.6 Å². The summed E-state index contributed by atoms with van der Waals surface area (Å²) in [6.07, 6.45) is 0.124. The van der Waals surface area contributed by atoms with E-state index in [0.717, 1.165) is 28.3 Å². The second-order valence-corrected chi connectivity index (χ2v) is 6.39. The number of rotatable bonds is 6. The van der Waals surface area contributed by atoms with E-state index in [0.29, 0.717) is 0 Å². The molecule has 0 spiro atoms. The standard InChI is InChI=1S/C21H20FNO4/c1-13(22)10-11-19(20(24)25)23-21(26)27-12-18-16-8-4-2-6-14(16)15-7-3-5-9-17(15)18/h2-10,18-19H,11-12H2,1H3,(H,23,26)(H,24,25)/b13-10-/t19-/m0/s1. The van der Waals surface area contributed by atoms with Crippen LogP contribution in [0.3, 0.4) is 0 Å². The molecule has 2 aromatic rings. The summed E-state index contributed by atoms with van der Waals surface area (Å²) in [5.74, 6) is -1.86. The molecule has 0 bridgehead atoms. The molecule has 6 heteroatoms. The number of nitrogens with one attached hydrogen (secondary N) is 1. The van der Waals surface area contributed by atoms with Crippen LogP contribution in [0.5, 0.6) is 0 Å². The van der Waals surface area contributed by atoms with Crippen molar-refractivity contribution >= 4 is 12.1 Å². The zero-order valence-electron chi connectivity index (χ0n) is 14.8. The molecule has 0 aromatic heterocycles. The van der Waals surface area contributed by atoms with Gasteiger partial charge in [-0.2, -0.15) is 0 Å². The van der Waals surface area contributed by atoms with Gasteiger partial charge >= 0.3 is 12.1 Å². The number of allylic oxidation sites excluding steroid dienone is 1. The number of carbonyl (C=O) groups excluding carboxylic acids is 1. The maximum atomic E-state index is 12.8. The lowest BCUT2D eigenvalue weighted by Crippen LogP contribution is -2.41. The van der Waals surface area contributed by atoms with Crippen LogP contribution < -0.4 is 5.32 Å². The molecule has 1 atom stereocenters. The fourth-order valence-electron chi connectivity index (χ4n) is 3.28. The highest BCUT2D eigenvalue weighted by molar-refractivity contribution is 5.81. The molecule has 3 rings (SSSR count). The number of amides is 1. The Hall–Kier alpha value is -3.15. The Balaban J connectivity index is 1.68. The molecule has 0 aliphatic heterocycles. The predicted molar refractivity (Wildman–Crippen MR) is 99.1 cm³/mol. The molecule has 1 aliphatic rings. The minimum Gasteiger partial charge on any atom is -0.480 e. The number of hydrogen-bond donors (Lipinski definition) is 2. The van der Waals surface area contributed by atoms with Gasteiger partial charge in [0.25, 0.3) is 0 Å². The number of alkyl carbamates (subject to hydrolysis) is 1. The van der Waals surface area contributed by atoms with E-state index in [4.69, 9.17) is 9.84 Å². The van der Waals surface area contributed by atoms with Crippen LogP contribution in [0.2, 0.25) is 0 Å². The number of ether oxygens (including phenoxy) is 1. The molecule has 1 aliphatic carbocycles. The van der Waals surface area contributed by atoms with Gasteiger partial charge in [0.1, 0.15) is 12.6 Å². The van der Waals surface area contributed by atoms with E-state index in [1.165, 1.54) is 6.92 Å². The Kier molecular flexibility index (Phi) is 5.54. The highest BCUT2D eigenvalue weighted by Crippen LogP contribution is 2.44. The maximum absolute atomic E-state index is 12.8. The molecule has 0 saturated heterocycles. The zero-order valence-corrected chi connectivity index (χ0v) is 14.8. The lowest BCUT2D eigenvalue weighted by Gasteiger charge is -2.16. The summed E-state index contributed by atoms with van der Waals surface area (Å²) >= 11 is 0. The van der Waals surface area contributed by atoms with Gasteiger partial charge in [0.2, 0.25) is 0 Å². The molecule has 0 heterocycles. The number of carbonyl (C=O) groups is 2. The largest absolute Gasteiger partial charge is 0.480 e. The van der Waals surface area contributed by atoms with E-state index < -0.39 is 23.9 Å². The smallest absolute Gasteiger partial charge is 0.407 e. The Morgan fingerprint density at radius 2 is 1.70 bits per heavy atom. The summed E-state index contributed by atoms with van der Waals surface area (Å²) < 4.78 is 18.1. The number of carboxylic acid groups (broad SMARTS) is 1. The normalized spacial score (nSPS) is 14.2. The van der Waals surface area contributed by atoms with Gasteiger partial charge in [0.05, 0.1) is 5.83 Å². The monoisotopic (exact) mass is 369 g/mol. The third-order valence-electron chi connectivity index (χ3n) is 4.57. The summed E-state index contributed by atoms with van der Waals surface area (Å²) in [7, 11) is 0. The summed E-state index contributed by atoms with van der Waals surface area (Å²) in [5, 5.41) is 11.4. The van der Waals surface area contributed by atoms with Gasteiger partial charge in [-0.3, -0.25) is 0 Å². The van der Waals surface area contributed by atoms with Gasteiger partial charge in [0.15, 0.2) is 0 Å². The molecule has 0 radical (unpaired) electrons. The second-order valence-electron chi connectivity index (χ2n) is 6.39. The Labute approximate surface area is 156 Å². The molecule has 1 amide bonds. The van der Waals surface area contributed by atoms with E-state index in [1.54, 1.807) is 0 Å². The third kappa shape index (κ3) is 4.16. The van der Waals surface area contributed by atoms with Crippen molar-refractivity contribution in [3.63, 3.8) is 0 Å². The van der Waals surface area contributed by atoms with Crippen LogP contribution in [0.1, 0.15) is 30.4 Å². The molecule has 140 valence electrons. The van der Waals surface area contributed by atoms with Crippen LogP contribution in [-0.4, -0.2) is 29.8 Å². The second kappa shape index (κ2) is 8.03. The molecule has 2 N–H and O–H groups in total.